The van der Waals surface area contributed by atoms with Gasteiger partial charge in [-0.2, -0.15) is 15.0 Å². The van der Waals surface area contributed by atoms with Crippen LogP contribution in [-0.2, 0) is 0 Å². The van der Waals surface area contributed by atoms with Crippen molar-refractivity contribution in [2.24, 2.45) is 0 Å². The summed E-state index contributed by atoms with van der Waals surface area (Å²) in [6.07, 6.45) is 2.51. The van der Waals surface area contributed by atoms with E-state index in [0.29, 0.717) is 11.9 Å². The summed E-state index contributed by atoms with van der Waals surface area (Å²) in [7, 11) is 0. The van der Waals surface area contributed by atoms with Crippen LogP contribution >= 0.6 is 0 Å². The molecule has 0 aliphatic heterocycles. The maximum Gasteiger partial charge on any atom is 0.232 e. The molecule has 0 unspecified atom stereocenters. The van der Waals surface area contributed by atoms with Gasteiger partial charge in [0.2, 0.25) is 18.2 Å². The fourth-order valence-corrected chi connectivity index (χ4v) is 1.73. The number of aromatic nitrogens is 3. The molecule has 3 aromatic rings. The van der Waals surface area contributed by atoms with E-state index < -0.39 is 0 Å². The summed E-state index contributed by atoms with van der Waals surface area (Å²) in [6, 6.07) is 13.0. The number of aromatic hydroxyl groups is 2. The maximum absolute atomic E-state index is 9.25. The second kappa shape index (κ2) is 5.96. The molecular weight excluding hydrogens is 282 g/mol. The summed E-state index contributed by atoms with van der Waals surface area (Å²) in [4.78, 5) is 12.0. The Morgan fingerprint density at radius 2 is 1.09 bits per heavy atom. The van der Waals surface area contributed by atoms with Gasteiger partial charge in [-0.1, -0.05) is 0 Å². The predicted octanol–water partition coefficient (Wildman–Crippen LogP) is 2.57. The zero-order chi connectivity index (χ0) is 15.4. The van der Waals surface area contributed by atoms with E-state index in [0.717, 1.165) is 11.4 Å². The van der Waals surface area contributed by atoms with E-state index in [-0.39, 0.29) is 11.5 Å². The first kappa shape index (κ1) is 13.6. The van der Waals surface area contributed by atoms with Gasteiger partial charge < -0.3 is 20.8 Å². The third kappa shape index (κ3) is 3.40. The standard InChI is InChI=1S/C15H12N5O2/c21-12-5-1-10(2-6-12)18-14-16-9-17-15(20-14)19-11-3-7-13(22)8-4-11/h1-8,21-22H,(H2,16,17,18,19,20). The molecule has 4 N–H and O–H groups in total. The van der Waals surface area contributed by atoms with E-state index in [2.05, 4.69) is 31.9 Å². The molecule has 2 aromatic carbocycles. The summed E-state index contributed by atoms with van der Waals surface area (Å²) in [5, 5.41) is 24.5. The van der Waals surface area contributed by atoms with Crippen LogP contribution in [0.4, 0.5) is 23.3 Å². The number of phenols is 2. The lowest BCUT2D eigenvalue weighted by atomic mass is 10.3. The summed E-state index contributed by atoms with van der Waals surface area (Å²) < 4.78 is 0. The fourth-order valence-electron chi connectivity index (χ4n) is 1.73. The van der Waals surface area contributed by atoms with Crippen molar-refractivity contribution in [3.8, 4) is 11.5 Å². The normalized spacial score (nSPS) is 10.2. The van der Waals surface area contributed by atoms with Gasteiger partial charge in [0.05, 0.1) is 0 Å². The van der Waals surface area contributed by atoms with E-state index in [4.69, 9.17) is 0 Å². The van der Waals surface area contributed by atoms with E-state index in [1.165, 1.54) is 0 Å². The van der Waals surface area contributed by atoms with E-state index in [1.807, 2.05) is 0 Å². The highest BCUT2D eigenvalue weighted by molar-refractivity contribution is 5.58. The number of benzene rings is 2. The maximum atomic E-state index is 9.25. The molecule has 0 aliphatic carbocycles. The van der Waals surface area contributed by atoms with Crippen LogP contribution in [0.3, 0.4) is 0 Å². The Morgan fingerprint density at radius 1 is 0.682 bits per heavy atom. The molecule has 7 nitrogen and oxygen atoms in total. The summed E-state index contributed by atoms with van der Waals surface area (Å²) >= 11 is 0. The van der Waals surface area contributed by atoms with Crippen molar-refractivity contribution in [1.82, 2.24) is 15.0 Å². The Balaban J connectivity index is 1.74. The van der Waals surface area contributed by atoms with Crippen molar-refractivity contribution in [2.45, 2.75) is 0 Å². The van der Waals surface area contributed by atoms with Crippen molar-refractivity contribution in [2.75, 3.05) is 10.6 Å². The van der Waals surface area contributed by atoms with Crippen LogP contribution in [-0.4, -0.2) is 25.2 Å². The van der Waals surface area contributed by atoms with Gasteiger partial charge in [0.15, 0.2) is 0 Å². The number of hydrogen-bond donors (Lipinski definition) is 4. The molecule has 3 rings (SSSR count). The Kier molecular flexibility index (Phi) is 3.69. The molecule has 0 saturated heterocycles. The van der Waals surface area contributed by atoms with Crippen LogP contribution in [0.15, 0.2) is 48.5 Å². The molecule has 0 atom stereocenters. The van der Waals surface area contributed by atoms with Gasteiger partial charge in [0.1, 0.15) is 11.5 Å². The van der Waals surface area contributed by atoms with E-state index in [1.54, 1.807) is 48.5 Å². The average Bonchev–Trinajstić information content (AvgIpc) is 2.52. The first-order valence-electron chi connectivity index (χ1n) is 6.43. The van der Waals surface area contributed by atoms with E-state index >= 15 is 0 Å². The van der Waals surface area contributed by atoms with Gasteiger partial charge in [-0.15, -0.1) is 0 Å². The van der Waals surface area contributed by atoms with Crippen LogP contribution < -0.4 is 10.6 Å². The zero-order valence-electron chi connectivity index (χ0n) is 11.4. The first-order chi connectivity index (χ1) is 10.7. The summed E-state index contributed by atoms with van der Waals surface area (Å²) in [5.41, 5.74) is 1.46. The van der Waals surface area contributed by atoms with E-state index in [9.17, 15) is 10.2 Å². The van der Waals surface area contributed by atoms with Gasteiger partial charge in [-0.25, -0.2) is 0 Å². The third-order valence-electron chi connectivity index (χ3n) is 2.77. The second-order valence-electron chi connectivity index (χ2n) is 4.43. The van der Waals surface area contributed by atoms with Crippen molar-refractivity contribution >= 4 is 23.3 Å². The lowest BCUT2D eigenvalue weighted by Gasteiger charge is -2.07. The average molecular weight is 294 g/mol. The molecule has 109 valence electrons. The van der Waals surface area contributed by atoms with Crippen molar-refractivity contribution in [1.29, 1.82) is 0 Å². The van der Waals surface area contributed by atoms with Gasteiger partial charge in [-0.3, -0.25) is 0 Å². The Labute approximate surface area is 126 Å². The van der Waals surface area contributed by atoms with Crippen LogP contribution in [0, 0.1) is 6.33 Å². The molecule has 7 heteroatoms. The molecule has 0 saturated carbocycles. The van der Waals surface area contributed by atoms with Crippen LogP contribution in [0.25, 0.3) is 0 Å². The SMILES string of the molecule is Oc1ccc(Nc2n[c]nc(Nc3ccc(O)cc3)n2)cc1. The third-order valence-corrected chi connectivity index (χ3v) is 2.77. The highest BCUT2D eigenvalue weighted by Crippen LogP contribution is 2.19. The predicted molar refractivity (Wildman–Crippen MR) is 81.4 cm³/mol. The molecular formula is C15H12N5O2. The number of nitrogens with one attached hydrogen (secondary N) is 2. The Morgan fingerprint density at radius 3 is 1.50 bits per heavy atom. The van der Waals surface area contributed by atoms with Gasteiger partial charge >= 0.3 is 0 Å². The number of phenolic OH excluding ortho intramolecular Hbond substituents is 2. The minimum Gasteiger partial charge on any atom is -0.508 e. The lowest BCUT2D eigenvalue weighted by molar-refractivity contribution is 0.475. The second-order valence-corrected chi connectivity index (χ2v) is 4.43. The first-order valence-corrected chi connectivity index (χ1v) is 6.43. The molecule has 1 heterocycles. The largest absolute Gasteiger partial charge is 0.508 e. The van der Waals surface area contributed by atoms with Crippen molar-refractivity contribution in [3.63, 3.8) is 0 Å². The molecule has 0 amide bonds. The van der Waals surface area contributed by atoms with Gasteiger partial charge in [-0.05, 0) is 48.5 Å². The Hall–Kier alpha value is -3.35. The molecule has 0 bridgehead atoms. The molecule has 22 heavy (non-hydrogen) atoms. The number of nitrogens with zero attached hydrogens (tertiary/aromatic N) is 3. The fraction of sp³-hybridized carbons (Fsp3) is 0. The summed E-state index contributed by atoms with van der Waals surface area (Å²) in [6.45, 7) is 0. The quantitative estimate of drug-likeness (QED) is 0.548. The van der Waals surface area contributed by atoms with Gasteiger partial charge in [0.25, 0.3) is 0 Å². The topological polar surface area (TPSA) is 103 Å². The minimum atomic E-state index is 0.183. The molecule has 0 spiro atoms. The minimum absolute atomic E-state index is 0.183. The number of anilines is 4. The molecule has 1 radical (unpaired) electrons. The zero-order valence-corrected chi connectivity index (χ0v) is 11.4. The highest BCUT2D eigenvalue weighted by Gasteiger charge is 2.03. The highest BCUT2D eigenvalue weighted by atomic mass is 16.3. The molecule has 0 aliphatic rings. The van der Waals surface area contributed by atoms with Crippen molar-refractivity contribution in [3.05, 3.63) is 54.9 Å². The van der Waals surface area contributed by atoms with Crippen LogP contribution in [0.2, 0.25) is 0 Å². The number of hydrogen-bond acceptors (Lipinski definition) is 7. The smallest absolute Gasteiger partial charge is 0.232 e. The molecule has 0 fully saturated rings. The van der Waals surface area contributed by atoms with Gasteiger partial charge in [0, 0.05) is 11.4 Å². The number of rotatable bonds is 4. The molecule has 1 aromatic heterocycles. The van der Waals surface area contributed by atoms with Crippen LogP contribution in [0.1, 0.15) is 0 Å². The van der Waals surface area contributed by atoms with Crippen LogP contribution in [0.5, 0.6) is 11.5 Å². The Bertz CT molecular complexity index is 697. The monoisotopic (exact) mass is 294 g/mol. The van der Waals surface area contributed by atoms with Crippen molar-refractivity contribution < 1.29 is 10.2 Å². The summed E-state index contributed by atoms with van der Waals surface area (Å²) in [5.74, 6) is 1.01. The lowest BCUT2D eigenvalue weighted by Crippen LogP contribution is -2.02.